The molecular formula is C14H21N5O2. The molecule has 0 aliphatic carbocycles. The highest BCUT2D eigenvalue weighted by molar-refractivity contribution is 5.83. The molecule has 21 heavy (non-hydrogen) atoms. The highest BCUT2D eigenvalue weighted by Gasteiger charge is 2.39. The van der Waals surface area contributed by atoms with Gasteiger partial charge < -0.3 is 9.80 Å². The average Bonchev–Trinajstić information content (AvgIpc) is 2.84. The van der Waals surface area contributed by atoms with Crippen molar-refractivity contribution in [2.24, 2.45) is 5.92 Å². The number of fused-ring (bicyclic) bond motifs is 4. The number of nitrogens with zero attached hydrogens (tertiary/aromatic N) is 5. The van der Waals surface area contributed by atoms with E-state index in [1.165, 1.54) is 6.33 Å². The van der Waals surface area contributed by atoms with Gasteiger partial charge in [-0.2, -0.15) is 5.10 Å². The van der Waals surface area contributed by atoms with Gasteiger partial charge in [0.2, 0.25) is 11.8 Å². The maximum absolute atomic E-state index is 12.4. The number of amides is 2. The lowest BCUT2D eigenvalue weighted by molar-refractivity contribution is -0.138. The van der Waals surface area contributed by atoms with E-state index in [0.29, 0.717) is 26.1 Å². The summed E-state index contributed by atoms with van der Waals surface area (Å²) in [5.41, 5.74) is 0. The van der Waals surface area contributed by atoms with Gasteiger partial charge in [-0.3, -0.25) is 14.3 Å². The smallest absolute Gasteiger partial charge is 0.227 e. The summed E-state index contributed by atoms with van der Waals surface area (Å²) >= 11 is 0. The Balaban J connectivity index is 1.54. The normalized spacial score (nSPS) is 25.3. The molecule has 1 aromatic heterocycles. The van der Waals surface area contributed by atoms with Gasteiger partial charge in [0.15, 0.2) is 0 Å². The van der Waals surface area contributed by atoms with E-state index in [4.69, 9.17) is 0 Å². The van der Waals surface area contributed by atoms with Crippen LogP contribution in [0, 0.1) is 5.92 Å². The summed E-state index contributed by atoms with van der Waals surface area (Å²) < 4.78 is 1.73. The van der Waals surface area contributed by atoms with Crippen molar-refractivity contribution in [3.8, 4) is 0 Å². The van der Waals surface area contributed by atoms with E-state index in [-0.39, 0.29) is 23.8 Å². The molecule has 1 aromatic rings. The Morgan fingerprint density at radius 2 is 2.24 bits per heavy atom. The predicted molar refractivity (Wildman–Crippen MR) is 75.1 cm³/mol. The first-order chi connectivity index (χ1) is 10.1. The Morgan fingerprint density at radius 1 is 1.38 bits per heavy atom. The Labute approximate surface area is 123 Å². The second-order valence-electron chi connectivity index (χ2n) is 5.94. The standard InChI is InChI=1S/C14H21N5O2/c1-17-12-5-4-11(14(17)21)7-18(8-12)13(20)3-2-6-19-10-15-9-16-19/h9-12H,2-8H2,1H3/t11-,12+/m1/s1. The molecule has 0 spiro atoms. The first-order valence-electron chi connectivity index (χ1n) is 7.52. The molecule has 0 N–H and O–H groups in total. The number of hydrogen-bond acceptors (Lipinski definition) is 4. The number of likely N-dealkylation sites (N-methyl/N-ethyl adjacent to an activating group) is 1. The van der Waals surface area contributed by atoms with E-state index in [2.05, 4.69) is 10.1 Å². The van der Waals surface area contributed by atoms with Crippen molar-refractivity contribution >= 4 is 11.8 Å². The van der Waals surface area contributed by atoms with E-state index in [1.807, 2.05) is 16.8 Å². The molecule has 3 aliphatic heterocycles. The molecule has 3 aliphatic rings. The summed E-state index contributed by atoms with van der Waals surface area (Å²) in [4.78, 5) is 32.1. The summed E-state index contributed by atoms with van der Waals surface area (Å²) in [5.74, 6) is 0.340. The van der Waals surface area contributed by atoms with Crippen LogP contribution in [0.15, 0.2) is 12.7 Å². The largest absolute Gasteiger partial charge is 0.341 e. The third kappa shape index (κ3) is 2.91. The fourth-order valence-corrected chi connectivity index (χ4v) is 3.26. The number of carbonyl (C=O) groups is 2. The quantitative estimate of drug-likeness (QED) is 0.791. The van der Waals surface area contributed by atoms with Crippen LogP contribution in [0.2, 0.25) is 0 Å². The zero-order valence-corrected chi connectivity index (χ0v) is 12.3. The lowest BCUT2D eigenvalue weighted by Gasteiger charge is -2.32. The molecule has 114 valence electrons. The highest BCUT2D eigenvalue weighted by Crippen LogP contribution is 2.28. The predicted octanol–water partition coefficient (Wildman–Crippen LogP) is 0.137. The van der Waals surface area contributed by atoms with Crippen LogP contribution in [0.3, 0.4) is 0 Å². The topological polar surface area (TPSA) is 71.3 Å². The van der Waals surface area contributed by atoms with E-state index < -0.39 is 0 Å². The Bertz CT molecular complexity index is 515. The fraction of sp³-hybridized carbons (Fsp3) is 0.714. The molecule has 4 rings (SSSR count). The van der Waals surface area contributed by atoms with Crippen LogP contribution in [0.25, 0.3) is 0 Å². The Kier molecular flexibility index (Phi) is 3.90. The fourth-order valence-electron chi connectivity index (χ4n) is 3.26. The van der Waals surface area contributed by atoms with Crippen LogP contribution in [-0.2, 0) is 16.1 Å². The molecule has 0 aromatic carbocycles. The number of aryl methyl sites for hydroxylation is 1. The van der Waals surface area contributed by atoms with Crippen molar-refractivity contribution < 1.29 is 9.59 Å². The maximum Gasteiger partial charge on any atom is 0.227 e. The van der Waals surface area contributed by atoms with Crippen molar-refractivity contribution in [2.45, 2.75) is 38.3 Å². The third-order valence-corrected chi connectivity index (χ3v) is 4.56. The second-order valence-corrected chi connectivity index (χ2v) is 5.94. The molecule has 0 unspecified atom stereocenters. The van der Waals surface area contributed by atoms with Gasteiger partial charge in [-0.25, -0.2) is 4.98 Å². The monoisotopic (exact) mass is 291 g/mol. The van der Waals surface area contributed by atoms with Crippen molar-refractivity contribution in [3.05, 3.63) is 12.7 Å². The number of hydrogen-bond donors (Lipinski definition) is 0. The van der Waals surface area contributed by atoms with Gasteiger partial charge in [-0.1, -0.05) is 0 Å². The van der Waals surface area contributed by atoms with Crippen LogP contribution >= 0.6 is 0 Å². The van der Waals surface area contributed by atoms with E-state index >= 15 is 0 Å². The number of carbonyl (C=O) groups excluding carboxylic acids is 2. The first-order valence-corrected chi connectivity index (χ1v) is 7.52. The van der Waals surface area contributed by atoms with Crippen LogP contribution in [-0.4, -0.2) is 62.6 Å². The van der Waals surface area contributed by atoms with Gasteiger partial charge in [0.1, 0.15) is 12.7 Å². The van der Waals surface area contributed by atoms with Gasteiger partial charge in [0.05, 0.1) is 5.92 Å². The van der Waals surface area contributed by atoms with Crippen LogP contribution in [0.1, 0.15) is 25.7 Å². The SMILES string of the molecule is CN1C(=O)[C@@H]2CC[C@H]1CN(C(=O)CCCn1cncn1)C2. The second kappa shape index (κ2) is 5.83. The number of piperidine rings is 1. The molecule has 7 nitrogen and oxygen atoms in total. The van der Waals surface area contributed by atoms with Crippen LogP contribution in [0.4, 0.5) is 0 Å². The van der Waals surface area contributed by atoms with Crippen LogP contribution in [0.5, 0.6) is 0 Å². The minimum Gasteiger partial charge on any atom is -0.341 e. The van der Waals surface area contributed by atoms with Crippen molar-refractivity contribution in [1.82, 2.24) is 24.6 Å². The molecule has 2 atom stereocenters. The average molecular weight is 291 g/mol. The summed E-state index contributed by atoms with van der Waals surface area (Å²) in [7, 11) is 1.86. The van der Waals surface area contributed by atoms with Gasteiger partial charge in [0.25, 0.3) is 0 Å². The lowest BCUT2D eigenvalue weighted by Crippen LogP contribution is -2.45. The van der Waals surface area contributed by atoms with Crippen LogP contribution < -0.4 is 0 Å². The van der Waals surface area contributed by atoms with E-state index in [1.54, 1.807) is 11.0 Å². The Morgan fingerprint density at radius 3 is 3.00 bits per heavy atom. The summed E-state index contributed by atoms with van der Waals surface area (Å²) in [6.07, 6.45) is 6.32. The highest BCUT2D eigenvalue weighted by atomic mass is 16.2. The minimum atomic E-state index is -0.00647. The van der Waals surface area contributed by atoms with Gasteiger partial charge in [-0.15, -0.1) is 0 Å². The molecule has 2 bridgehead atoms. The molecule has 3 saturated heterocycles. The first kappa shape index (κ1) is 14.0. The molecule has 4 heterocycles. The van der Waals surface area contributed by atoms with E-state index in [9.17, 15) is 9.59 Å². The van der Waals surface area contributed by atoms with Crippen molar-refractivity contribution in [1.29, 1.82) is 0 Å². The third-order valence-electron chi connectivity index (χ3n) is 4.56. The maximum atomic E-state index is 12.4. The molecule has 7 heteroatoms. The molecular weight excluding hydrogens is 270 g/mol. The zero-order valence-electron chi connectivity index (χ0n) is 12.3. The molecule has 0 saturated carbocycles. The molecule has 2 amide bonds. The lowest BCUT2D eigenvalue weighted by atomic mass is 9.95. The Hall–Kier alpha value is -1.92. The van der Waals surface area contributed by atoms with Crippen molar-refractivity contribution in [3.63, 3.8) is 0 Å². The molecule has 0 radical (unpaired) electrons. The van der Waals surface area contributed by atoms with E-state index in [0.717, 1.165) is 19.3 Å². The summed E-state index contributed by atoms with van der Waals surface area (Å²) in [5, 5.41) is 4.02. The van der Waals surface area contributed by atoms with Gasteiger partial charge >= 0.3 is 0 Å². The molecule has 3 fully saturated rings. The summed E-state index contributed by atoms with van der Waals surface area (Å²) in [6, 6.07) is 0.190. The number of aromatic nitrogens is 3. The van der Waals surface area contributed by atoms with Crippen molar-refractivity contribution in [2.75, 3.05) is 20.1 Å². The summed E-state index contributed by atoms with van der Waals surface area (Å²) in [6.45, 7) is 1.97. The number of rotatable bonds is 4. The van der Waals surface area contributed by atoms with Gasteiger partial charge in [-0.05, 0) is 19.3 Å². The zero-order chi connectivity index (χ0) is 14.8. The minimum absolute atomic E-state index is 0.00647. The van der Waals surface area contributed by atoms with Gasteiger partial charge in [0, 0.05) is 39.1 Å².